The molecule has 0 amide bonds. The number of halogens is 1. The molecule has 1 heterocycles. The Labute approximate surface area is 85.3 Å². The number of nitrogens with zero attached hydrogens (tertiary/aromatic N) is 1. The van der Waals surface area contributed by atoms with Gasteiger partial charge in [0.05, 0.1) is 5.56 Å². The van der Waals surface area contributed by atoms with Gasteiger partial charge in [-0.3, -0.25) is 9.71 Å². The van der Waals surface area contributed by atoms with Crippen LogP contribution in [0.5, 0.6) is 5.75 Å². The van der Waals surface area contributed by atoms with Crippen LogP contribution in [-0.2, 0) is 10.0 Å². The lowest BCUT2D eigenvalue weighted by Gasteiger charge is -2.08. The predicted molar refractivity (Wildman–Crippen MR) is 49.8 cm³/mol. The normalized spacial score (nSPS) is 18.0. The first-order chi connectivity index (χ1) is 6.87. The number of nitrogens with one attached hydrogen (secondary N) is 1. The Morgan fingerprint density at radius 3 is 2.60 bits per heavy atom. The van der Waals surface area contributed by atoms with Crippen LogP contribution in [0.15, 0.2) is 17.0 Å². The maximum absolute atomic E-state index is 13.3. The SMILES string of the molecule is CN1C(=N)c2c(O)ccc(F)c2S1(=O)=O. The van der Waals surface area contributed by atoms with E-state index in [-0.39, 0.29) is 5.56 Å². The molecule has 0 radical (unpaired) electrons. The summed E-state index contributed by atoms with van der Waals surface area (Å²) in [4.78, 5) is -0.630. The molecule has 0 saturated heterocycles. The molecule has 0 saturated carbocycles. The molecule has 1 aliphatic rings. The topological polar surface area (TPSA) is 81.5 Å². The summed E-state index contributed by atoms with van der Waals surface area (Å²) in [5.74, 6) is -1.80. The van der Waals surface area contributed by atoms with Crippen LogP contribution in [0.25, 0.3) is 0 Å². The minimum absolute atomic E-state index is 0.280. The fourth-order valence-corrected chi connectivity index (χ4v) is 2.82. The molecule has 15 heavy (non-hydrogen) atoms. The van der Waals surface area contributed by atoms with Crippen molar-refractivity contribution in [2.75, 3.05) is 7.05 Å². The van der Waals surface area contributed by atoms with Gasteiger partial charge in [-0.05, 0) is 12.1 Å². The molecule has 0 aliphatic carbocycles. The van der Waals surface area contributed by atoms with E-state index < -0.39 is 32.3 Å². The van der Waals surface area contributed by atoms with Crippen LogP contribution < -0.4 is 0 Å². The molecule has 1 aromatic carbocycles. The van der Waals surface area contributed by atoms with Gasteiger partial charge in [0.15, 0.2) is 0 Å². The van der Waals surface area contributed by atoms with Crippen LogP contribution in [0, 0.1) is 11.2 Å². The van der Waals surface area contributed by atoms with E-state index in [0.29, 0.717) is 4.31 Å². The van der Waals surface area contributed by atoms with Gasteiger partial charge in [-0.15, -0.1) is 0 Å². The fraction of sp³-hybridized carbons (Fsp3) is 0.125. The van der Waals surface area contributed by atoms with E-state index in [1.54, 1.807) is 0 Å². The number of phenols is 1. The molecule has 0 fully saturated rings. The van der Waals surface area contributed by atoms with Crippen molar-refractivity contribution in [3.05, 3.63) is 23.5 Å². The summed E-state index contributed by atoms with van der Waals surface area (Å²) in [6.45, 7) is 0. The van der Waals surface area contributed by atoms with Crippen molar-refractivity contribution < 1.29 is 17.9 Å². The number of sulfonamides is 1. The number of amidine groups is 1. The molecule has 0 spiro atoms. The summed E-state index contributed by atoms with van der Waals surface area (Å²) in [5, 5.41) is 16.8. The maximum atomic E-state index is 13.3. The van der Waals surface area contributed by atoms with Gasteiger partial charge in [0, 0.05) is 7.05 Å². The molecule has 0 atom stereocenters. The lowest BCUT2D eigenvalue weighted by atomic mass is 10.2. The third-order valence-electron chi connectivity index (χ3n) is 2.26. The van der Waals surface area contributed by atoms with Crippen LogP contribution in [-0.4, -0.2) is 30.7 Å². The van der Waals surface area contributed by atoms with Crippen molar-refractivity contribution in [1.82, 2.24) is 4.31 Å². The van der Waals surface area contributed by atoms with Gasteiger partial charge in [0.25, 0.3) is 10.0 Å². The number of benzene rings is 1. The van der Waals surface area contributed by atoms with E-state index in [1.807, 2.05) is 0 Å². The van der Waals surface area contributed by atoms with Crippen LogP contribution in [0.3, 0.4) is 0 Å². The molecule has 1 aromatic rings. The molecule has 7 heteroatoms. The summed E-state index contributed by atoms with van der Waals surface area (Å²) in [6.07, 6.45) is 0. The Hall–Kier alpha value is -1.63. The zero-order chi connectivity index (χ0) is 11.4. The second-order valence-electron chi connectivity index (χ2n) is 3.09. The van der Waals surface area contributed by atoms with Crippen LogP contribution >= 0.6 is 0 Å². The van der Waals surface area contributed by atoms with E-state index in [2.05, 4.69) is 0 Å². The predicted octanol–water partition coefficient (Wildman–Crippen LogP) is 0.491. The minimum Gasteiger partial charge on any atom is -0.507 e. The standard InChI is InChI=1S/C8H7FN2O3S/c1-11-8(10)6-5(12)3-2-4(9)7(6)15(11,13)14/h2-3,10,12H,1H3. The van der Waals surface area contributed by atoms with Gasteiger partial charge >= 0.3 is 0 Å². The van der Waals surface area contributed by atoms with Crippen LogP contribution in [0.2, 0.25) is 0 Å². The van der Waals surface area contributed by atoms with Gasteiger partial charge < -0.3 is 5.11 Å². The molecule has 2 rings (SSSR count). The van der Waals surface area contributed by atoms with Crippen LogP contribution in [0.4, 0.5) is 4.39 Å². The maximum Gasteiger partial charge on any atom is 0.269 e. The Morgan fingerprint density at radius 2 is 2.07 bits per heavy atom. The molecular weight excluding hydrogens is 223 g/mol. The Bertz CT molecular complexity index is 567. The Kier molecular flexibility index (Phi) is 1.78. The second-order valence-corrected chi connectivity index (χ2v) is 5.00. The Balaban J connectivity index is 2.95. The largest absolute Gasteiger partial charge is 0.507 e. The number of fused-ring (bicyclic) bond motifs is 1. The van der Waals surface area contributed by atoms with Crippen molar-refractivity contribution in [3.63, 3.8) is 0 Å². The summed E-state index contributed by atoms with van der Waals surface area (Å²) in [5.41, 5.74) is -0.280. The second kappa shape index (κ2) is 2.69. The van der Waals surface area contributed by atoms with E-state index in [9.17, 15) is 17.9 Å². The summed E-state index contributed by atoms with van der Waals surface area (Å²) >= 11 is 0. The first-order valence-electron chi connectivity index (χ1n) is 3.96. The first-order valence-corrected chi connectivity index (χ1v) is 5.40. The van der Waals surface area contributed by atoms with Gasteiger partial charge in [0.2, 0.25) is 0 Å². The van der Waals surface area contributed by atoms with Crippen molar-refractivity contribution >= 4 is 15.9 Å². The van der Waals surface area contributed by atoms with Gasteiger partial charge in [0.1, 0.15) is 22.3 Å². The number of rotatable bonds is 0. The lowest BCUT2D eigenvalue weighted by Crippen LogP contribution is -2.25. The highest BCUT2D eigenvalue weighted by molar-refractivity contribution is 7.90. The monoisotopic (exact) mass is 230 g/mol. The first kappa shape index (κ1) is 9.91. The average Bonchev–Trinajstić information content (AvgIpc) is 2.34. The van der Waals surface area contributed by atoms with E-state index in [0.717, 1.165) is 19.2 Å². The fourth-order valence-electron chi connectivity index (χ4n) is 1.44. The summed E-state index contributed by atoms with van der Waals surface area (Å²) < 4.78 is 37.1. The van der Waals surface area contributed by atoms with E-state index in [1.165, 1.54) is 0 Å². The van der Waals surface area contributed by atoms with E-state index in [4.69, 9.17) is 5.41 Å². The third kappa shape index (κ3) is 1.06. The van der Waals surface area contributed by atoms with Crippen molar-refractivity contribution in [2.24, 2.45) is 0 Å². The zero-order valence-corrected chi connectivity index (χ0v) is 8.47. The molecule has 5 nitrogen and oxygen atoms in total. The number of hydrogen-bond donors (Lipinski definition) is 2. The summed E-state index contributed by atoms with van der Waals surface area (Å²) in [6, 6.07) is 1.88. The summed E-state index contributed by atoms with van der Waals surface area (Å²) in [7, 11) is -2.88. The van der Waals surface area contributed by atoms with Crippen LogP contribution in [0.1, 0.15) is 5.56 Å². The number of hydrogen-bond acceptors (Lipinski definition) is 4. The highest BCUT2D eigenvalue weighted by atomic mass is 32.2. The van der Waals surface area contributed by atoms with Gasteiger partial charge in [-0.1, -0.05) is 0 Å². The van der Waals surface area contributed by atoms with Gasteiger partial charge in [-0.2, -0.15) is 0 Å². The smallest absolute Gasteiger partial charge is 0.269 e. The minimum atomic E-state index is -4.01. The van der Waals surface area contributed by atoms with Gasteiger partial charge in [-0.25, -0.2) is 12.8 Å². The molecular formula is C8H7FN2O3S. The average molecular weight is 230 g/mol. The van der Waals surface area contributed by atoms with Crippen molar-refractivity contribution in [2.45, 2.75) is 4.90 Å². The lowest BCUT2D eigenvalue weighted by molar-refractivity contribution is 0.467. The molecule has 80 valence electrons. The highest BCUT2D eigenvalue weighted by Crippen LogP contribution is 2.36. The molecule has 0 aromatic heterocycles. The van der Waals surface area contributed by atoms with Crippen molar-refractivity contribution in [3.8, 4) is 5.75 Å². The molecule has 2 N–H and O–H groups in total. The third-order valence-corrected chi connectivity index (χ3v) is 4.08. The quantitative estimate of drug-likeness (QED) is 0.680. The molecule has 1 aliphatic heterocycles. The number of aromatic hydroxyl groups is 1. The molecule has 0 bridgehead atoms. The Morgan fingerprint density at radius 1 is 1.47 bits per heavy atom. The van der Waals surface area contributed by atoms with E-state index >= 15 is 0 Å². The molecule has 0 unspecified atom stereocenters. The zero-order valence-electron chi connectivity index (χ0n) is 7.65. The highest BCUT2D eigenvalue weighted by Gasteiger charge is 2.40. The van der Waals surface area contributed by atoms with Crippen molar-refractivity contribution in [1.29, 1.82) is 5.41 Å². The number of phenolic OH excluding ortho intramolecular Hbond substituents is 1.